The zero-order chi connectivity index (χ0) is 15.9. The summed E-state index contributed by atoms with van der Waals surface area (Å²) in [6, 6.07) is 19.8. The van der Waals surface area contributed by atoms with Crippen LogP contribution in [0.15, 0.2) is 59.6 Å². The van der Waals surface area contributed by atoms with Crippen molar-refractivity contribution >= 4 is 5.90 Å². The Morgan fingerprint density at radius 2 is 1.78 bits per heavy atom. The van der Waals surface area contributed by atoms with Gasteiger partial charge in [-0.05, 0) is 35.4 Å². The van der Waals surface area contributed by atoms with Crippen LogP contribution >= 0.6 is 0 Å². The quantitative estimate of drug-likeness (QED) is 0.825. The molecule has 2 heteroatoms. The topological polar surface area (TPSA) is 21.6 Å². The van der Waals surface area contributed by atoms with Gasteiger partial charge in [0.25, 0.3) is 0 Å². The molecule has 2 aromatic rings. The number of nitrogens with zero attached hydrogens (tertiary/aromatic N) is 1. The second kappa shape index (κ2) is 5.52. The fraction of sp³-hybridized carbons (Fsp3) is 0.381. The number of aryl methyl sites for hydroxylation is 1. The van der Waals surface area contributed by atoms with Gasteiger partial charge in [-0.2, -0.15) is 0 Å². The molecule has 2 nitrogen and oxygen atoms in total. The number of fused-ring (bicyclic) bond motifs is 1. The zero-order valence-corrected chi connectivity index (χ0v) is 13.8. The molecule has 23 heavy (non-hydrogen) atoms. The van der Waals surface area contributed by atoms with Crippen LogP contribution in [0.5, 0.6) is 0 Å². The molecule has 1 aliphatic heterocycles. The van der Waals surface area contributed by atoms with Crippen LogP contribution in [0.4, 0.5) is 0 Å². The third kappa shape index (κ3) is 2.20. The molecule has 4 rings (SSSR count). The highest BCUT2D eigenvalue weighted by atomic mass is 16.5. The lowest BCUT2D eigenvalue weighted by molar-refractivity contribution is 0.274. The summed E-state index contributed by atoms with van der Waals surface area (Å²) in [6.45, 7) is 5.15. The molecule has 0 saturated carbocycles. The van der Waals surface area contributed by atoms with E-state index in [1.807, 2.05) is 0 Å². The van der Waals surface area contributed by atoms with Crippen LogP contribution in [-0.4, -0.2) is 18.5 Å². The lowest BCUT2D eigenvalue weighted by Gasteiger charge is -2.30. The minimum Gasteiger partial charge on any atom is -0.478 e. The maximum absolute atomic E-state index is 6.18. The van der Waals surface area contributed by atoms with Crippen LogP contribution in [0.1, 0.15) is 37.0 Å². The molecular formula is C21H23NO. The van der Waals surface area contributed by atoms with Gasteiger partial charge in [-0.1, -0.05) is 68.4 Å². The molecule has 0 N–H and O–H groups in total. The van der Waals surface area contributed by atoms with Crippen molar-refractivity contribution in [2.24, 2.45) is 10.9 Å². The highest BCUT2D eigenvalue weighted by Crippen LogP contribution is 2.46. The lowest BCUT2D eigenvalue weighted by Crippen LogP contribution is -2.35. The number of aliphatic imine (C=N–C) groups is 1. The van der Waals surface area contributed by atoms with Crippen molar-refractivity contribution in [3.63, 3.8) is 0 Å². The van der Waals surface area contributed by atoms with Gasteiger partial charge in [0.1, 0.15) is 6.61 Å². The van der Waals surface area contributed by atoms with Gasteiger partial charge in [0, 0.05) is 0 Å². The predicted molar refractivity (Wildman–Crippen MR) is 94.0 cm³/mol. The van der Waals surface area contributed by atoms with E-state index in [0.29, 0.717) is 12.5 Å². The van der Waals surface area contributed by atoms with Gasteiger partial charge < -0.3 is 4.74 Å². The van der Waals surface area contributed by atoms with E-state index < -0.39 is 0 Å². The summed E-state index contributed by atoms with van der Waals surface area (Å²) in [5.74, 6) is 1.43. The van der Waals surface area contributed by atoms with E-state index >= 15 is 0 Å². The molecule has 2 aromatic carbocycles. The zero-order valence-electron chi connectivity index (χ0n) is 13.8. The van der Waals surface area contributed by atoms with Crippen LogP contribution < -0.4 is 0 Å². The monoisotopic (exact) mass is 305 g/mol. The van der Waals surface area contributed by atoms with Gasteiger partial charge in [-0.25, -0.2) is 4.99 Å². The average molecular weight is 305 g/mol. The normalized spacial score (nSPS) is 26.0. The first-order chi connectivity index (χ1) is 11.2. The first-order valence-electron chi connectivity index (χ1n) is 8.57. The van der Waals surface area contributed by atoms with Crippen molar-refractivity contribution in [1.29, 1.82) is 0 Å². The predicted octanol–water partition coefficient (Wildman–Crippen LogP) is 4.37. The summed E-state index contributed by atoms with van der Waals surface area (Å²) in [7, 11) is 0. The Morgan fingerprint density at radius 3 is 2.52 bits per heavy atom. The third-order valence-electron chi connectivity index (χ3n) is 5.32. The van der Waals surface area contributed by atoms with Gasteiger partial charge in [0.05, 0.1) is 11.5 Å². The standard InChI is InChI=1S/C21H23NO/c1-15(2)19-14-23-20(22-19)21(17-9-4-3-5-10-17)13-12-16-8-6-7-11-18(16)21/h3-11,15,19H,12-14H2,1-2H3/t19-,21-/m0/s1. The van der Waals surface area contributed by atoms with E-state index in [1.54, 1.807) is 0 Å². The maximum atomic E-state index is 6.18. The summed E-state index contributed by atoms with van der Waals surface area (Å²) in [5.41, 5.74) is 3.89. The van der Waals surface area contributed by atoms with E-state index in [9.17, 15) is 0 Å². The van der Waals surface area contributed by atoms with Crippen LogP contribution in [0.3, 0.4) is 0 Å². The minimum atomic E-state index is -0.207. The number of benzene rings is 2. The van der Waals surface area contributed by atoms with Crippen LogP contribution in [0.25, 0.3) is 0 Å². The molecule has 1 heterocycles. The second-order valence-corrected chi connectivity index (χ2v) is 6.99. The summed E-state index contributed by atoms with van der Waals surface area (Å²) in [5, 5.41) is 0. The summed E-state index contributed by atoms with van der Waals surface area (Å²) < 4.78 is 6.18. The fourth-order valence-electron chi connectivity index (χ4n) is 3.94. The van der Waals surface area contributed by atoms with E-state index in [1.165, 1.54) is 16.7 Å². The Labute approximate surface area is 138 Å². The van der Waals surface area contributed by atoms with Crippen LogP contribution in [0, 0.1) is 5.92 Å². The molecular weight excluding hydrogens is 282 g/mol. The van der Waals surface area contributed by atoms with Crippen molar-refractivity contribution in [1.82, 2.24) is 0 Å². The Hall–Kier alpha value is -2.09. The summed E-state index contributed by atoms with van der Waals surface area (Å²) in [4.78, 5) is 5.01. The van der Waals surface area contributed by atoms with E-state index in [-0.39, 0.29) is 11.5 Å². The van der Waals surface area contributed by atoms with E-state index in [0.717, 1.165) is 18.7 Å². The first-order valence-corrected chi connectivity index (χ1v) is 8.57. The molecule has 0 aromatic heterocycles. The van der Waals surface area contributed by atoms with Gasteiger partial charge in [0.15, 0.2) is 5.90 Å². The van der Waals surface area contributed by atoms with Gasteiger partial charge in [-0.15, -0.1) is 0 Å². The van der Waals surface area contributed by atoms with Crippen molar-refractivity contribution in [3.05, 3.63) is 71.3 Å². The molecule has 0 bridgehead atoms. The number of ether oxygens (including phenoxy) is 1. The number of hydrogen-bond acceptors (Lipinski definition) is 2. The average Bonchev–Trinajstić information content (AvgIpc) is 3.21. The molecule has 0 spiro atoms. The molecule has 0 radical (unpaired) electrons. The van der Waals surface area contributed by atoms with Gasteiger partial charge in [0.2, 0.25) is 0 Å². The van der Waals surface area contributed by atoms with Gasteiger partial charge in [-0.3, -0.25) is 0 Å². The molecule has 0 unspecified atom stereocenters. The Balaban J connectivity index is 1.89. The highest BCUT2D eigenvalue weighted by Gasteiger charge is 2.48. The number of rotatable bonds is 3. The van der Waals surface area contributed by atoms with Crippen molar-refractivity contribution in [2.45, 2.75) is 38.1 Å². The Kier molecular flexibility index (Phi) is 3.48. The molecule has 0 fully saturated rings. The molecule has 0 saturated heterocycles. The maximum Gasteiger partial charge on any atom is 0.199 e. The van der Waals surface area contributed by atoms with Crippen LogP contribution in [0.2, 0.25) is 0 Å². The second-order valence-electron chi connectivity index (χ2n) is 6.99. The van der Waals surface area contributed by atoms with Crippen molar-refractivity contribution in [2.75, 3.05) is 6.61 Å². The number of hydrogen-bond donors (Lipinski definition) is 0. The summed E-state index contributed by atoms with van der Waals surface area (Å²) >= 11 is 0. The Morgan fingerprint density at radius 1 is 1.04 bits per heavy atom. The molecule has 2 atom stereocenters. The fourth-order valence-corrected chi connectivity index (χ4v) is 3.94. The van der Waals surface area contributed by atoms with Crippen molar-refractivity contribution in [3.8, 4) is 0 Å². The van der Waals surface area contributed by atoms with E-state index in [2.05, 4.69) is 68.4 Å². The van der Waals surface area contributed by atoms with Gasteiger partial charge >= 0.3 is 0 Å². The molecule has 0 amide bonds. The first kappa shape index (κ1) is 14.5. The van der Waals surface area contributed by atoms with E-state index in [4.69, 9.17) is 9.73 Å². The summed E-state index contributed by atoms with van der Waals surface area (Å²) in [6.07, 6.45) is 2.12. The van der Waals surface area contributed by atoms with Crippen molar-refractivity contribution < 1.29 is 4.74 Å². The molecule has 2 aliphatic rings. The minimum absolute atomic E-state index is 0.207. The molecule has 118 valence electrons. The SMILES string of the molecule is CC(C)[C@@H]1COC([C@]2(c3ccccc3)CCc3ccccc32)=N1. The lowest BCUT2D eigenvalue weighted by atomic mass is 9.75. The smallest absolute Gasteiger partial charge is 0.199 e. The largest absolute Gasteiger partial charge is 0.478 e. The van der Waals surface area contributed by atoms with Crippen LogP contribution in [-0.2, 0) is 16.6 Å². The third-order valence-corrected chi connectivity index (χ3v) is 5.32. The highest BCUT2D eigenvalue weighted by molar-refractivity contribution is 5.94. The molecule has 1 aliphatic carbocycles. The Bertz CT molecular complexity index is 735.